The van der Waals surface area contributed by atoms with Crippen molar-refractivity contribution in [3.63, 3.8) is 0 Å². The first-order valence-corrected chi connectivity index (χ1v) is 5.90. The molecule has 4 heteroatoms. The molecule has 1 saturated carbocycles. The van der Waals surface area contributed by atoms with Gasteiger partial charge in [-0.2, -0.15) is 0 Å². The van der Waals surface area contributed by atoms with E-state index in [1.165, 1.54) is 0 Å². The number of rotatable bonds is 2. The van der Waals surface area contributed by atoms with Gasteiger partial charge >= 0.3 is 5.97 Å². The summed E-state index contributed by atoms with van der Waals surface area (Å²) < 4.78 is 0. The van der Waals surface area contributed by atoms with Crippen LogP contribution in [0.1, 0.15) is 23.2 Å². The highest BCUT2D eigenvalue weighted by Crippen LogP contribution is 2.52. The first kappa shape index (κ1) is 10.7. The molecule has 0 aromatic heterocycles. The number of β-amino-alcohol motifs (C(OH)–C–C–N with tert-alkyl or cyclic N) is 1. The number of hydrogen-bond acceptors (Lipinski definition) is 4. The molecule has 1 saturated heterocycles. The molecule has 1 spiro atoms. The second kappa shape index (κ2) is 3.82. The third-order valence-corrected chi connectivity index (χ3v) is 3.69. The molecule has 1 heterocycles. The van der Waals surface area contributed by atoms with E-state index in [2.05, 4.69) is 0 Å². The molecule has 4 nitrogen and oxygen atoms in total. The molecule has 0 unspecified atom stereocenters. The first-order chi connectivity index (χ1) is 8.20. The molecule has 1 aromatic rings. The number of nitrogens with zero attached hydrogens (tertiary/aromatic N) is 1. The number of carbonyl (C=O) groups excluding carboxylic acids is 1. The van der Waals surface area contributed by atoms with Crippen molar-refractivity contribution in [2.75, 3.05) is 13.1 Å². The minimum atomic E-state index is -0.355. The molecule has 17 heavy (non-hydrogen) atoms. The van der Waals surface area contributed by atoms with E-state index in [4.69, 9.17) is 4.84 Å². The highest BCUT2D eigenvalue weighted by molar-refractivity contribution is 5.89. The van der Waals surface area contributed by atoms with Gasteiger partial charge in [0.2, 0.25) is 0 Å². The van der Waals surface area contributed by atoms with Crippen molar-refractivity contribution in [2.45, 2.75) is 18.9 Å². The van der Waals surface area contributed by atoms with Crippen LogP contribution in [0.3, 0.4) is 0 Å². The third kappa shape index (κ3) is 1.94. The van der Waals surface area contributed by atoms with E-state index in [0.29, 0.717) is 18.7 Å². The summed E-state index contributed by atoms with van der Waals surface area (Å²) in [6, 6.07) is 8.91. The van der Waals surface area contributed by atoms with Gasteiger partial charge < -0.3 is 9.94 Å². The smallest absolute Gasteiger partial charge is 0.357 e. The molecule has 1 N–H and O–H groups in total. The van der Waals surface area contributed by atoms with Crippen LogP contribution in [0.4, 0.5) is 0 Å². The van der Waals surface area contributed by atoms with Crippen molar-refractivity contribution in [3.8, 4) is 0 Å². The number of hydroxylamine groups is 2. The predicted octanol–water partition coefficient (Wildman–Crippen LogP) is 1.22. The quantitative estimate of drug-likeness (QED) is 0.834. The zero-order valence-electron chi connectivity index (χ0n) is 9.50. The number of benzene rings is 1. The molecule has 3 rings (SSSR count). The van der Waals surface area contributed by atoms with Crippen LogP contribution in [-0.4, -0.2) is 35.3 Å². The Hall–Kier alpha value is -1.39. The second-order valence-electron chi connectivity index (χ2n) is 4.95. The van der Waals surface area contributed by atoms with Crippen LogP contribution in [-0.2, 0) is 4.84 Å². The summed E-state index contributed by atoms with van der Waals surface area (Å²) in [7, 11) is 0. The lowest BCUT2D eigenvalue weighted by molar-refractivity contribution is -0.0994. The van der Waals surface area contributed by atoms with Gasteiger partial charge in [-0.25, -0.2) is 4.79 Å². The molecule has 1 aliphatic carbocycles. The monoisotopic (exact) mass is 233 g/mol. The number of aliphatic hydroxyl groups excluding tert-OH is 1. The zero-order valence-corrected chi connectivity index (χ0v) is 9.50. The molecule has 2 fully saturated rings. The maximum atomic E-state index is 11.8. The molecule has 0 radical (unpaired) electrons. The summed E-state index contributed by atoms with van der Waals surface area (Å²) in [5.74, 6) is -0.351. The van der Waals surface area contributed by atoms with E-state index in [0.717, 1.165) is 12.8 Å². The highest BCUT2D eigenvalue weighted by Gasteiger charge is 2.55. The maximum absolute atomic E-state index is 11.8. The van der Waals surface area contributed by atoms with Crippen molar-refractivity contribution in [1.29, 1.82) is 0 Å². The Morgan fingerprint density at radius 3 is 2.65 bits per heavy atom. The molecule has 90 valence electrons. The summed E-state index contributed by atoms with van der Waals surface area (Å²) in [5, 5.41) is 11.4. The van der Waals surface area contributed by atoms with Crippen molar-refractivity contribution >= 4 is 5.97 Å². The van der Waals surface area contributed by atoms with Crippen LogP contribution in [0.15, 0.2) is 30.3 Å². The van der Waals surface area contributed by atoms with E-state index in [1.807, 2.05) is 6.07 Å². The summed E-state index contributed by atoms with van der Waals surface area (Å²) >= 11 is 0. The molecule has 0 bridgehead atoms. The molecule has 2 aliphatic rings. The van der Waals surface area contributed by atoms with Crippen molar-refractivity contribution in [3.05, 3.63) is 35.9 Å². The zero-order chi connectivity index (χ0) is 11.9. The van der Waals surface area contributed by atoms with Gasteiger partial charge in [0.25, 0.3) is 0 Å². The largest absolute Gasteiger partial charge is 0.391 e. The minimum Gasteiger partial charge on any atom is -0.391 e. The van der Waals surface area contributed by atoms with Gasteiger partial charge in [-0.1, -0.05) is 18.2 Å². The lowest BCUT2D eigenvalue weighted by Crippen LogP contribution is -2.26. The average Bonchev–Trinajstić information content (AvgIpc) is 3.04. The third-order valence-electron chi connectivity index (χ3n) is 3.69. The van der Waals surface area contributed by atoms with Gasteiger partial charge in [0, 0.05) is 12.0 Å². The van der Waals surface area contributed by atoms with E-state index < -0.39 is 0 Å². The molecule has 1 atom stereocenters. The van der Waals surface area contributed by atoms with Gasteiger partial charge in [-0.3, -0.25) is 0 Å². The normalized spacial score (nSPS) is 26.1. The summed E-state index contributed by atoms with van der Waals surface area (Å²) in [6.45, 7) is 1.09. The Morgan fingerprint density at radius 2 is 2.06 bits per heavy atom. The lowest BCUT2D eigenvalue weighted by atomic mass is 10.0. The van der Waals surface area contributed by atoms with Gasteiger partial charge in [0.15, 0.2) is 0 Å². The summed E-state index contributed by atoms with van der Waals surface area (Å²) in [4.78, 5) is 17.1. The Balaban J connectivity index is 1.63. The fraction of sp³-hybridized carbons (Fsp3) is 0.462. The average molecular weight is 233 g/mol. The van der Waals surface area contributed by atoms with E-state index in [-0.39, 0.29) is 17.5 Å². The number of aliphatic hydroxyl groups is 1. The van der Waals surface area contributed by atoms with Crippen LogP contribution in [0.5, 0.6) is 0 Å². The van der Waals surface area contributed by atoms with Crippen LogP contribution in [0, 0.1) is 5.41 Å². The fourth-order valence-corrected chi connectivity index (χ4v) is 2.37. The summed E-state index contributed by atoms with van der Waals surface area (Å²) in [5.41, 5.74) is 0.551. The van der Waals surface area contributed by atoms with Crippen LogP contribution in [0.2, 0.25) is 0 Å². The second-order valence-corrected chi connectivity index (χ2v) is 4.95. The highest BCUT2D eigenvalue weighted by atomic mass is 16.7. The maximum Gasteiger partial charge on any atom is 0.357 e. The Bertz CT molecular complexity index is 428. The SMILES string of the molecule is O=C(ON1C[C@@H](O)C2(CC2)C1)c1ccccc1. The first-order valence-electron chi connectivity index (χ1n) is 5.90. The van der Waals surface area contributed by atoms with Crippen LogP contribution < -0.4 is 0 Å². The number of carbonyl (C=O) groups is 1. The fourth-order valence-electron chi connectivity index (χ4n) is 2.37. The van der Waals surface area contributed by atoms with Crippen LogP contribution in [0.25, 0.3) is 0 Å². The van der Waals surface area contributed by atoms with Crippen molar-refractivity contribution < 1.29 is 14.7 Å². The molecular weight excluding hydrogens is 218 g/mol. The Labute approximate surface area is 99.8 Å². The van der Waals surface area contributed by atoms with Crippen molar-refractivity contribution in [1.82, 2.24) is 5.06 Å². The Kier molecular flexibility index (Phi) is 2.42. The topological polar surface area (TPSA) is 49.8 Å². The van der Waals surface area contributed by atoms with Gasteiger partial charge in [0.1, 0.15) is 0 Å². The standard InChI is InChI=1S/C13H15NO3/c15-11-8-14(9-13(11)6-7-13)17-12(16)10-4-2-1-3-5-10/h1-5,11,15H,6-9H2/t11-/m1/s1. The minimum absolute atomic E-state index is 0.0109. The van der Waals surface area contributed by atoms with Gasteiger partial charge in [0.05, 0.1) is 18.2 Å². The summed E-state index contributed by atoms with van der Waals surface area (Å²) in [6.07, 6.45) is 1.72. The molecule has 1 aliphatic heterocycles. The lowest BCUT2D eigenvalue weighted by Gasteiger charge is -2.14. The van der Waals surface area contributed by atoms with Crippen molar-refractivity contribution in [2.24, 2.45) is 5.41 Å². The molecule has 1 aromatic carbocycles. The predicted molar refractivity (Wildman–Crippen MR) is 61.1 cm³/mol. The van der Waals surface area contributed by atoms with E-state index in [1.54, 1.807) is 29.3 Å². The molecule has 0 amide bonds. The van der Waals surface area contributed by atoms with E-state index >= 15 is 0 Å². The Morgan fingerprint density at radius 1 is 1.35 bits per heavy atom. The van der Waals surface area contributed by atoms with Gasteiger partial charge in [-0.15, -0.1) is 5.06 Å². The van der Waals surface area contributed by atoms with Gasteiger partial charge in [-0.05, 0) is 25.0 Å². The molecular formula is C13H15NO3. The van der Waals surface area contributed by atoms with E-state index in [9.17, 15) is 9.90 Å². The number of hydrogen-bond donors (Lipinski definition) is 1. The van der Waals surface area contributed by atoms with Crippen LogP contribution >= 0.6 is 0 Å².